The second-order valence-corrected chi connectivity index (χ2v) is 6.94. The maximum atomic E-state index is 13.8. The second-order valence-electron chi connectivity index (χ2n) is 5.34. The van der Waals surface area contributed by atoms with Gasteiger partial charge in [0.2, 0.25) is 0 Å². The van der Waals surface area contributed by atoms with Gasteiger partial charge in [-0.25, -0.2) is 4.39 Å². The molecule has 2 aliphatic rings. The standard InChI is InChI=1S/C10H14F4O3S/c11-9(10(12,13)14,18(15,16)17)5-8-4-6-1-2-7(8)3-6/h6-8H,1-5H2,(H,15,16,17). The topological polar surface area (TPSA) is 54.4 Å². The van der Waals surface area contributed by atoms with Crippen LogP contribution in [0.5, 0.6) is 0 Å². The van der Waals surface area contributed by atoms with Crippen LogP contribution in [0.3, 0.4) is 0 Å². The SMILES string of the molecule is O=S(=O)(O)C(F)(CC1CC2CCC1C2)C(F)(F)F. The summed E-state index contributed by atoms with van der Waals surface area (Å²) in [4.78, 5) is 0. The normalized spacial score (nSPS) is 35.7. The minimum Gasteiger partial charge on any atom is -0.283 e. The van der Waals surface area contributed by atoms with Crippen LogP contribution in [-0.2, 0) is 10.1 Å². The lowest BCUT2D eigenvalue weighted by Crippen LogP contribution is -2.49. The maximum Gasteiger partial charge on any atom is 0.439 e. The van der Waals surface area contributed by atoms with Gasteiger partial charge in [-0.05, 0) is 37.0 Å². The lowest BCUT2D eigenvalue weighted by molar-refractivity contribution is -0.205. The van der Waals surface area contributed by atoms with Gasteiger partial charge in [0.25, 0.3) is 0 Å². The minimum atomic E-state index is -5.82. The van der Waals surface area contributed by atoms with Crippen LogP contribution in [0.2, 0.25) is 0 Å². The van der Waals surface area contributed by atoms with Crippen molar-refractivity contribution >= 4 is 10.1 Å². The Morgan fingerprint density at radius 3 is 2.06 bits per heavy atom. The third-order valence-electron chi connectivity index (χ3n) is 4.24. The summed E-state index contributed by atoms with van der Waals surface area (Å²) in [5.74, 6) is -0.384. The highest BCUT2D eigenvalue weighted by atomic mass is 32.2. The molecule has 2 rings (SSSR count). The predicted octanol–water partition coefficient (Wildman–Crippen LogP) is 2.93. The molecular formula is C10H14F4O3S. The average Bonchev–Trinajstić information content (AvgIpc) is 2.75. The van der Waals surface area contributed by atoms with Crippen LogP contribution in [0, 0.1) is 17.8 Å². The smallest absolute Gasteiger partial charge is 0.283 e. The molecule has 2 saturated carbocycles. The van der Waals surface area contributed by atoms with Crippen molar-refractivity contribution in [1.29, 1.82) is 0 Å². The van der Waals surface area contributed by atoms with E-state index >= 15 is 0 Å². The first-order chi connectivity index (χ1) is 8.04. The van der Waals surface area contributed by atoms with Gasteiger partial charge in [0, 0.05) is 6.42 Å². The monoisotopic (exact) mass is 290 g/mol. The van der Waals surface area contributed by atoms with Crippen molar-refractivity contribution in [1.82, 2.24) is 0 Å². The molecule has 106 valence electrons. The highest BCUT2D eigenvalue weighted by Gasteiger charge is 2.66. The van der Waals surface area contributed by atoms with Crippen LogP contribution in [0.25, 0.3) is 0 Å². The molecule has 18 heavy (non-hydrogen) atoms. The molecule has 2 bridgehead atoms. The third kappa shape index (κ3) is 2.13. The molecule has 0 aromatic rings. The second kappa shape index (κ2) is 4.06. The summed E-state index contributed by atoms with van der Waals surface area (Å²) in [5.41, 5.74) is 0. The fourth-order valence-electron chi connectivity index (χ4n) is 3.33. The van der Waals surface area contributed by atoms with Gasteiger partial charge in [0.1, 0.15) is 0 Å². The first kappa shape index (κ1) is 14.0. The summed E-state index contributed by atoms with van der Waals surface area (Å²) in [6.45, 7) is 0. The highest BCUT2D eigenvalue weighted by Crippen LogP contribution is 2.54. The van der Waals surface area contributed by atoms with Crippen molar-refractivity contribution in [2.24, 2.45) is 17.8 Å². The average molecular weight is 290 g/mol. The highest BCUT2D eigenvalue weighted by molar-refractivity contribution is 7.87. The molecule has 8 heteroatoms. The number of fused-ring (bicyclic) bond motifs is 2. The summed E-state index contributed by atoms with van der Waals surface area (Å²) in [6.07, 6.45) is -4.00. The van der Waals surface area contributed by atoms with Crippen LogP contribution >= 0.6 is 0 Å². The zero-order valence-corrected chi connectivity index (χ0v) is 10.3. The molecule has 0 heterocycles. The summed E-state index contributed by atoms with van der Waals surface area (Å²) < 4.78 is 81.7. The molecule has 2 fully saturated rings. The van der Waals surface area contributed by atoms with Gasteiger partial charge in [-0.1, -0.05) is 6.42 Å². The molecular weight excluding hydrogens is 276 g/mol. The number of halogens is 4. The molecule has 4 atom stereocenters. The number of rotatable bonds is 3. The van der Waals surface area contributed by atoms with Gasteiger partial charge in [-0.15, -0.1) is 0 Å². The Morgan fingerprint density at radius 1 is 1.11 bits per heavy atom. The van der Waals surface area contributed by atoms with E-state index in [1.165, 1.54) is 0 Å². The third-order valence-corrected chi connectivity index (χ3v) is 5.46. The number of hydrogen-bond acceptors (Lipinski definition) is 2. The molecule has 0 aliphatic heterocycles. The molecule has 0 aromatic heterocycles. The van der Waals surface area contributed by atoms with Gasteiger partial charge in [-0.2, -0.15) is 21.6 Å². The van der Waals surface area contributed by atoms with E-state index in [9.17, 15) is 26.0 Å². The van der Waals surface area contributed by atoms with E-state index in [1.807, 2.05) is 0 Å². The fourth-order valence-corrected chi connectivity index (χ4v) is 4.05. The first-order valence-electron chi connectivity index (χ1n) is 5.77. The van der Waals surface area contributed by atoms with Crippen molar-refractivity contribution in [2.75, 3.05) is 0 Å². The minimum absolute atomic E-state index is 0.0470. The summed E-state index contributed by atoms with van der Waals surface area (Å²) in [5, 5.41) is -4.53. The van der Waals surface area contributed by atoms with Gasteiger partial charge in [-0.3, -0.25) is 4.55 Å². The Morgan fingerprint density at radius 2 is 1.72 bits per heavy atom. The van der Waals surface area contributed by atoms with Crippen molar-refractivity contribution in [2.45, 2.75) is 43.3 Å². The van der Waals surface area contributed by atoms with Gasteiger partial charge in [0.05, 0.1) is 0 Å². The summed E-state index contributed by atoms with van der Waals surface area (Å²) >= 11 is 0. The largest absolute Gasteiger partial charge is 0.439 e. The first-order valence-corrected chi connectivity index (χ1v) is 7.21. The molecule has 0 saturated heterocycles. The van der Waals surface area contributed by atoms with E-state index in [2.05, 4.69) is 0 Å². The van der Waals surface area contributed by atoms with Crippen LogP contribution in [0.15, 0.2) is 0 Å². The molecule has 1 N–H and O–H groups in total. The Balaban J connectivity index is 2.22. The molecule has 0 spiro atoms. The van der Waals surface area contributed by atoms with Gasteiger partial charge >= 0.3 is 21.3 Å². The van der Waals surface area contributed by atoms with E-state index < -0.39 is 33.6 Å². The van der Waals surface area contributed by atoms with Crippen LogP contribution in [0.1, 0.15) is 32.1 Å². The molecule has 3 nitrogen and oxygen atoms in total. The fraction of sp³-hybridized carbons (Fsp3) is 1.00. The van der Waals surface area contributed by atoms with Gasteiger partial charge < -0.3 is 0 Å². The van der Waals surface area contributed by atoms with E-state index in [0.29, 0.717) is 6.42 Å². The molecule has 0 aromatic carbocycles. The Labute approximate surface area is 102 Å². The quantitative estimate of drug-likeness (QED) is 0.642. The van der Waals surface area contributed by atoms with Crippen LogP contribution in [-0.4, -0.2) is 24.1 Å². The molecule has 0 amide bonds. The predicted molar refractivity (Wildman–Crippen MR) is 55.0 cm³/mol. The van der Waals surface area contributed by atoms with Crippen LogP contribution < -0.4 is 0 Å². The number of alkyl halides is 4. The zero-order chi connectivity index (χ0) is 13.8. The number of hydrogen-bond donors (Lipinski definition) is 1. The van der Waals surface area contributed by atoms with Crippen molar-refractivity contribution in [3.8, 4) is 0 Å². The van der Waals surface area contributed by atoms with Gasteiger partial charge in [0.15, 0.2) is 0 Å². The van der Waals surface area contributed by atoms with E-state index in [0.717, 1.165) is 19.3 Å². The zero-order valence-electron chi connectivity index (χ0n) is 9.45. The molecule has 4 unspecified atom stereocenters. The lowest BCUT2D eigenvalue weighted by atomic mass is 9.85. The Hall–Kier alpha value is -0.370. The summed E-state index contributed by atoms with van der Waals surface area (Å²) in [6, 6.07) is 0. The maximum absolute atomic E-state index is 13.8. The van der Waals surface area contributed by atoms with Crippen molar-refractivity contribution in [3.05, 3.63) is 0 Å². The van der Waals surface area contributed by atoms with E-state index in [1.54, 1.807) is 0 Å². The van der Waals surface area contributed by atoms with E-state index in [-0.39, 0.29) is 11.8 Å². The summed E-state index contributed by atoms with van der Waals surface area (Å²) in [7, 11) is -5.82. The molecule has 2 aliphatic carbocycles. The van der Waals surface area contributed by atoms with Crippen molar-refractivity contribution < 1.29 is 30.5 Å². The van der Waals surface area contributed by atoms with Crippen LogP contribution in [0.4, 0.5) is 17.6 Å². The Bertz CT molecular complexity index is 433. The van der Waals surface area contributed by atoms with E-state index in [4.69, 9.17) is 4.55 Å². The molecule has 0 radical (unpaired) electrons. The van der Waals surface area contributed by atoms with Crippen molar-refractivity contribution in [3.63, 3.8) is 0 Å². The lowest BCUT2D eigenvalue weighted by Gasteiger charge is -2.30. The Kier molecular flexibility index (Phi) is 3.17.